The van der Waals surface area contributed by atoms with Crippen LogP contribution in [0.15, 0.2) is 24.3 Å². The zero-order valence-corrected chi connectivity index (χ0v) is 16.0. The fourth-order valence-corrected chi connectivity index (χ4v) is 4.29. The molecule has 7 heteroatoms. The first-order valence-corrected chi connectivity index (χ1v) is 9.74. The maximum absolute atomic E-state index is 12.9. The molecule has 2 aliphatic rings. The number of fused-ring (bicyclic) bond motifs is 2. The van der Waals surface area contributed by atoms with Gasteiger partial charge in [-0.05, 0) is 18.6 Å². The summed E-state index contributed by atoms with van der Waals surface area (Å²) in [7, 11) is 0. The second-order valence-electron chi connectivity index (χ2n) is 7.37. The SMILES string of the molecule is CCc1nc2ccccc2n1CCC(=O)N1CCN2C(=O)OCC2(CC)C1. The fraction of sp³-hybridized carbons (Fsp3) is 0.550. The van der Waals surface area contributed by atoms with Gasteiger partial charge in [-0.2, -0.15) is 0 Å². The van der Waals surface area contributed by atoms with E-state index < -0.39 is 0 Å². The average Bonchev–Trinajstić information content (AvgIpc) is 3.23. The largest absolute Gasteiger partial charge is 0.447 e. The van der Waals surface area contributed by atoms with Crippen molar-refractivity contribution in [3.05, 3.63) is 30.1 Å². The Kier molecular flexibility index (Phi) is 4.53. The van der Waals surface area contributed by atoms with E-state index in [0.717, 1.165) is 29.7 Å². The first-order chi connectivity index (χ1) is 13.1. The van der Waals surface area contributed by atoms with Crippen LogP contribution >= 0.6 is 0 Å². The number of imidazole rings is 1. The molecular weight excluding hydrogens is 344 g/mol. The molecule has 0 saturated carbocycles. The highest BCUT2D eigenvalue weighted by atomic mass is 16.6. The van der Waals surface area contributed by atoms with Crippen molar-refractivity contribution in [2.75, 3.05) is 26.2 Å². The molecule has 4 rings (SSSR count). The van der Waals surface area contributed by atoms with E-state index in [4.69, 9.17) is 4.74 Å². The highest BCUT2D eigenvalue weighted by Crippen LogP contribution is 2.32. The van der Waals surface area contributed by atoms with Gasteiger partial charge in [-0.1, -0.05) is 26.0 Å². The smallest absolute Gasteiger partial charge is 0.410 e. The number of carbonyl (C=O) groups is 2. The molecule has 2 amide bonds. The van der Waals surface area contributed by atoms with Gasteiger partial charge in [0.05, 0.1) is 16.6 Å². The van der Waals surface area contributed by atoms with Crippen molar-refractivity contribution >= 4 is 23.0 Å². The van der Waals surface area contributed by atoms with Crippen LogP contribution in [0.4, 0.5) is 4.79 Å². The number of aromatic nitrogens is 2. The number of rotatable bonds is 5. The highest BCUT2D eigenvalue weighted by molar-refractivity contribution is 5.79. The summed E-state index contributed by atoms with van der Waals surface area (Å²) in [6, 6.07) is 8.05. The Morgan fingerprint density at radius 3 is 2.85 bits per heavy atom. The van der Waals surface area contributed by atoms with Crippen LogP contribution in [0.3, 0.4) is 0 Å². The zero-order valence-electron chi connectivity index (χ0n) is 16.0. The monoisotopic (exact) mass is 370 g/mol. The minimum atomic E-state index is -0.360. The number of nitrogens with zero attached hydrogens (tertiary/aromatic N) is 4. The molecule has 1 atom stereocenters. The van der Waals surface area contributed by atoms with Gasteiger partial charge < -0.3 is 14.2 Å². The Labute approximate surface area is 158 Å². The van der Waals surface area contributed by atoms with Gasteiger partial charge in [0.25, 0.3) is 0 Å². The molecule has 144 valence electrons. The summed E-state index contributed by atoms with van der Waals surface area (Å²) in [5.41, 5.74) is 1.69. The van der Waals surface area contributed by atoms with Crippen molar-refractivity contribution in [2.45, 2.75) is 45.2 Å². The summed E-state index contributed by atoms with van der Waals surface area (Å²) in [5.74, 6) is 1.13. The minimum absolute atomic E-state index is 0.127. The number of hydrogen-bond donors (Lipinski definition) is 0. The van der Waals surface area contributed by atoms with E-state index in [0.29, 0.717) is 39.2 Å². The van der Waals surface area contributed by atoms with Crippen molar-refractivity contribution in [1.29, 1.82) is 0 Å². The van der Waals surface area contributed by atoms with E-state index in [1.807, 2.05) is 30.0 Å². The van der Waals surface area contributed by atoms with Gasteiger partial charge in [0.2, 0.25) is 5.91 Å². The number of aryl methyl sites for hydroxylation is 2. The van der Waals surface area contributed by atoms with Crippen molar-refractivity contribution in [3.8, 4) is 0 Å². The molecule has 0 bridgehead atoms. The number of para-hydroxylation sites is 2. The fourth-order valence-electron chi connectivity index (χ4n) is 4.29. The Balaban J connectivity index is 1.47. The Hall–Kier alpha value is -2.57. The second kappa shape index (κ2) is 6.87. The molecule has 0 spiro atoms. The third-order valence-corrected chi connectivity index (χ3v) is 5.95. The van der Waals surface area contributed by atoms with Crippen LogP contribution in [0, 0.1) is 0 Å². The Morgan fingerprint density at radius 1 is 1.26 bits per heavy atom. The predicted octanol–water partition coefficient (Wildman–Crippen LogP) is 2.43. The molecule has 0 N–H and O–H groups in total. The van der Waals surface area contributed by atoms with Crippen molar-refractivity contribution in [1.82, 2.24) is 19.4 Å². The van der Waals surface area contributed by atoms with E-state index >= 15 is 0 Å². The number of amides is 2. The Bertz CT molecular complexity index is 877. The summed E-state index contributed by atoms with van der Waals surface area (Å²) < 4.78 is 7.41. The number of cyclic esters (lactones) is 1. The molecule has 0 radical (unpaired) electrons. The van der Waals surface area contributed by atoms with Gasteiger partial charge >= 0.3 is 6.09 Å². The van der Waals surface area contributed by atoms with Crippen LogP contribution in [-0.2, 0) is 22.5 Å². The van der Waals surface area contributed by atoms with Crippen LogP contribution in [0.25, 0.3) is 11.0 Å². The van der Waals surface area contributed by atoms with Crippen LogP contribution in [0.1, 0.15) is 32.5 Å². The van der Waals surface area contributed by atoms with Gasteiger partial charge in [-0.25, -0.2) is 9.78 Å². The van der Waals surface area contributed by atoms with Gasteiger partial charge in [-0.3, -0.25) is 9.69 Å². The van der Waals surface area contributed by atoms with Crippen molar-refractivity contribution < 1.29 is 14.3 Å². The lowest BCUT2D eigenvalue weighted by Crippen LogP contribution is -2.62. The van der Waals surface area contributed by atoms with Gasteiger partial charge in [0, 0.05) is 39.0 Å². The molecule has 1 aromatic carbocycles. The summed E-state index contributed by atoms with van der Waals surface area (Å²) >= 11 is 0. The Morgan fingerprint density at radius 2 is 2.07 bits per heavy atom. The molecule has 1 aromatic heterocycles. The number of ether oxygens (including phenoxy) is 1. The zero-order chi connectivity index (χ0) is 19.0. The van der Waals surface area contributed by atoms with Gasteiger partial charge in [0.1, 0.15) is 12.4 Å². The number of carbonyl (C=O) groups excluding carboxylic acids is 2. The third kappa shape index (κ3) is 2.95. The first kappa shape index (κ1) is 17.8. The molecule has 1 unspecified atom stereocenters. The number of hydrogen-bond acceptors (Lipinski definition) is 4. The molecule has 2 fully saturated rings. The van der Waals surface area contributed by atoms with E-state index in [1.165, 1.54) is 0 Å². The maximum Gasteiger partial charge on any atom is 0.410 e. The molecule has 3 heterocycles. The van der Waals surface area contributed by atoms with Gasteiger partial charge in [-0.15, -0.1) is 0 Å². The first-order valence-electron chi connectivity index (χ1n) is 9.74. The van der Waals surface area contributed by atoms with Crippen LogP contribution in [-0.4, -0.2) is 63.1 Å². The number of benzene rings is 1. The van der Waals surface area contributed by atoms with E-state index in [2.05, 4.69) is 22.5 Å². The van der Waals surface area contributed by atoms with Crippen LogP contribution in [0.2, 0.25) is 0 Å². The molecule has 7 nitrogen and oxygen atoms in total. The summed E-state index contributed by atoms with van der Waals surface area (Å²) in [6.07, 6.45) is 1.80. The number of piperazine rings is 1. The summed E-state index contributed by atoms with van der Waals surface area (Å²) in [6.45, 7) is 6.80. The standard InChI is InChI=1S/C20H26N4O3/c1-3-17-21-15-7-5-6-8-16(15)23(17)10-9-18(25)22-11-12-24-19(26)27-14-20(24,4-2)13-22/h5-8H,3-4,9-14H2,1-2H3. The average molecular weight is 370 g/mol. The molecule has 0 aliphatic carbocycles. The summed E-state index contributed by atoms with van der Waals surface area (Å²) in [4.78, 5) is 33.2. The molecule has 2 saturated heterocycles. The quantitative estimate of drug-likeness (QED) is 0.811. The van der Waals surface area contributed by atoms with E-state index in [1.54, 1.807) is 4.90 Å². The molecular formula is C20H26N4O3. The van der Waals surface area contributed by atoms with E-state index in [-0.39, 0.29) is 17.5 Å². The van der Waals surface area contributed by atoms with Gasteiger partial charge in [0.15, 0.2) is 0 Å². The molecule has 2 aromatic rings. The predicted molar refractivity (Wildman–Crippen MR) is 101 cm³/mol. The highest BCUT2D eigenvalue weighted by Gasteiger charge is 2.50. The summed E-state index contributed by atoms with van der Waals surface area (Å²) in [5, 5.41) is 0. The lowest BCUT2D eigenvalue weighted by molar-refractivity contribution is -0.135. The second-order valence-corrected chi connectivity index (χ2v) is 7.37. The van der Waals surface area contributed by atoms with Crippen molar-refractivity contribution in [2.24, 2.45) is 0 Å². The third-order valence-electron chi connectivity index (χ3n) is 5.95. The van der Waals surface area contributed by atoms with Crippen LogP contribution in [0.5, 0.6) is 0 Å². The normalized spacial score (nSPS) is 22.2. The molecule has 27 heavy (non-hydrogen) atoms. The molecule has 2 aliphatic heterocycles. The van der Waals surface area contributed by atoms with Crippen molar-refractivity contribution in [3.63, 3.8) is 0 Å². The topological polar surface area (TPSA) is 67.7 Å². The lowest BCUT2D eigenvalue weighted by atomic mass is 9.93. The maximum atomic E-state index is 12.9. The van der Waals surface area contributed by atoms with Crippen LogP contribution < -0.4 is 0 Å². The minimum Gasteiger partial charge on any atom is -0.447 e. The van der Waals surface area contributed by atoms with E-state index in [9.17, 15) is 9.59 Å². The lowest BCUT2D eigenvalue weighted by Gasteiger charge is -2.44.